The van der Waals surface area contributed by atoms with Crippen LogP contribution in [0.5, 0.6) is 0 Å². The zero-order valence-electron chi connectivity index (χ0n) is 20.4. The van der Waals surface area contributed by atoms with Gasteiger partial charge in [-0.15, -0.1) is 0 Å². The van der Waals surface area contributed by atoms with Crippen molar-refractivity contribution in [2.45, 2.75) is 76.4 Å². The summed E-state index contributed by atoms with van der Waals surface area (Å²) < 4.78 is 5.67. The molecular formula is C28H40O5. The first kappa shape index (κ1) is 24.6. The first-order valence-electron chi connectivity index (χ1n) is 12.4. The number of ether oxygens (including phenoxy) is 1. The van der Waals surface area contributed by atoms with Gasteiger partial charge in [0.15, 0.2) is 5.79 Å². The lowest BCUT2D eigenvalue weighted by molar-refractivity contribution is -0.253. The van der Waals surface area contributed by atoms with Crippen molar-refractivity contribution in [2.75, 3.05) is 20.3 Å². The number of rotatable bonds is 9. The lowest BCUT2D eigenvalue weighted by Gasteiger charge is -2.46. The van der Waals surface area contributed by atoms with Crippen LogP contribution in [0.4, 0.5) is 0 Å². The van der Waals surface area contributed by atoms with Gasteiger partial charge >= 0.3 is 0 Å². The van der Waals surface area contributed by atoms with Gasteiger partial charge in [-0.05, 0) is 54.6 Å². The molecule has 3 saturated carbocycles. The average Bonchev–Trinajstić information content (AvgIpc) is 3.42. The molecule has 3 aliphatic carbocycles. The fourth-order valence-electron chi connectivity index (χ4n) is 7.74. The van der Waals surface area contributed by atoms with Crippen LogP contribution in [-0.2, 0) is 21.4 Å². The summed E-state index contributed by atoms with van der Waals surface area (Å²) in [4.78, 5) is 13.9. The average molecular weight is 457 g/mol. The lowest BCUT2D eigenvalue weighted by atomic mass is 9.58. The largest absolute Gasteiger partial charge is 0.396 e. The van der Waals surface area contributed by atoms with Crippen LogP contribution in [0.2, 0.25) is 0 Å². The Bertz CT molecular complexity index is 915. The Morgan fingerprint density at radius 2 is 1.91 bits per heavy atom. The van der Waals surface area contributed by atoms with Gasteiger partial charge in [0.2, 0.25) is 0 Å². The molecule has 2 bridgehead atoms. The standard InChI is InChI=1S/C28H40O5/c1-19-24-21(18-30)17-27(25(19,2)3,28(24,32)33-4)23(31)11-10-20-8-7-9-22(16-20)26(14-15-29)12-5-6-13-26/h7-9,16,21,24,29-30,32H,1,5-6,10-15,17-18H2,2-4H3. The molecule has 4 atom stereocenters. The second-order valence-corrected chi connectivity index (χ2v) is 11.2. The van der Waals surface area contributed by atoms with Crippen molar-refractivity contribution in [2.24, 2.45) is 22.7 Å². The van der Waals surface area contributed by atoms with E-state index in [0.717, 1.165) is 30.4 Å². The van der Waals surface area contributed by atoms with Gasteiger partial charge in [-0.2, -0.15) is 0 Å². The van der Waals surface area contributed by atoms with Gasteiger partial charge in [0.25, 0.3) is 0 Å². The summed E-state index contributed by atoms with van der Waals surface area (Å²) in [6.07, 6.45) is 6.63. The number of ketones is 1. The molecule has 0 aliphatic heterocycles. The van der Waals surface area contributed by atoms with Crippen LogP contribution in [0, 0.1) is 22.7 Å². The molecule has 5 heteroatoms. The molecule has 3 aliphatic rings. The molecule has 0 amide bonds. The maximum absolute atomic E-state index is 13.9. The van der Waals surface area contributed by atoms with Crippen LogP contribution in [0.1, 0.15) is 69.9 Å². The van der Waals surface area contributed by atoms with Crippen LogP contribution in [0.15, 0.2) is 36.4 Å². The fraction of sp³-hybridized carbons (Fsp3) is 0.679. The van der Waals surface area contributed by atoms with Crippen molar-refractivity contribution in [3.63, 3.8) is 0 Å². The highest BCUT2D eigenvalue weighted by Gasteiger charge is 2.79. The van der Waals surface area contributed by atoms with Crippen LogP contribution in [0.3, 0.4) is 0 Å². The monoisotopic (exact) mass is 456 g/mol. The van der Waals surface area contributed by atoms with Crippen molar-refractivity contribution < 1.29 is 24.9 Å². The molecule has 4 rings (SSSR count). The number of aliphatic hydroxyl groups is 3. The Kier molecular flexibility index (Phi) is 6.41. The zero-order valence-corrected chi connectivity index (χ0v) is 20.4. The third kappa shape index (κ3) is 3.30. The number of carbonyl (C=O) groups is 1. The first-order valence-corrected chi connectivity index (χ1v) is 12.4. The van der Waals surface area contributed by atoms with Crippen molar-refractivity contribution in [3.05, 3.63) is 47.5 Å². The molecule has 33 heavy (non-hydrogen) atoms. The summed E-state index contributed by atoms with van der Waals surface area (Å²) in [6, 6.07) is 8.49. The molecule has 3 fully saturated rings. The molecule has 182 valence electrons. The van der Waals surface area contributed by atoms with Crippen LogP contribution in [-0.4, -0.2) is 47.2 Å². The third-order valence-electron chi connectivity index (χ3n) is 9.67. The predicted molar refractivity (Wildman–Crippen MR) is 128 cm³/mol. The summed E-state index contributed by atoms with van der Waals surface area (Å²) in [5, 5.41) is 31.3. The number of fused-ring (bicyclic) bond motifs is 2. The highest BCUT2D eigenvalue weighted by atomic mass is 16.6. The summed E-state index contributed by atoms with van der Waals surface area (Å²) in [5.41, 5.74) is 1.46. The van der Waals surface area contributed by atoms with E-state index < -0.39 is 22.5 Å². The highest BCUT2D eigenvalue weighted by Crippen LogP contribution is 2.73. The Balaban J connectivity index is 1.60. The third-order valence-corrected chi connectivity index (χ3v) is 9.67. The van der Waals surface area contributed by atoms with Crippen molar-refractivity contribution in [1.82, 2.24) is 0 Å². The Morgan fingerprint density at radius 1 is 1.21 bits per heavy atom. The molecule has 0 spiro atoms. The number of methoxy groups -OCH3 is 1. The minimum atomic E-state index is -1.64. The summed E-state index contributed by atoms with van der Waals surface area (Å²) >= 11 is 0. The summed E-state index contributed by atoms with van der Waals surface area (Å²) in [7, 11) is 1.45. The second-order valence-electron chi connectivity index (χ2n) is 11.2. The molecule has 1 aromatic rings. The molecule has 4 unspecified atom stereocenters. The Morgan fingerprint density at radius 3 is 2.52 bits per heavy atom. The van der Waals surface area contributed by atoms with Crippen LogP contribution < -0.4 is 0 Å². The van der Waals surface area contributed by atoms with E-state index in [1.807, 2.05) is 13.8 Å². The van der Waals surface area contributed by atoms with E-state index in [4.69, 9.17) is 4.74 Å². The Labute approximate surface area is 197 Å². The number of Topliss-reactive ketones (excluding diaryl/α,β-unsaturated/α-hetero) is 1. The molecule has 1 aromatic carbocycles. The smallest absolute Gasteiger partial charge is 0.185 e. The second kappa shape index (κ2) is 8.60. The fourth-order valence-corrected chi connectivity index (χ4v) is 7.74. The highest BCUT2D eigenvalue weighted by molar-refractivity contribution is 5.89. The minimum Gasteiger partial charge on any atom is -0.396 e. The van der Waals surface area contributed by atoms with E-state index in [-0.39, 0.29) is 30.3 Å². The van der Waals surface area contributed by atoms with E-state index >= 15 is 0 Å². The van der Waals surface area contributed by atoms with E-state index in [0.29, 0.717) is 19.3 Å². The molecule has 0 saturated heterocycles. The van der Waals surface area contributed by atoms with Gasteiger partial charge < -0.3 is 20.1 Å². The normalized spacial score (nSPS) is 34.2. The molecule has 5 nitrogen and oxygen atoms in total. The number of hydrogen-bond donors (Lipinski definition) is 3. The van der Waals surface area contributed by atoms with Gasteiger partial charge in [0, 0.05) is 38.1 Å². The summed E-state index contributed by atoms with van der Waals surface area (Å²) in [5.74, 6) is -2.35. The number of benzene rings is 1. The number of aliphatic hydroxyl groups excluding tert-OH is 2. The van der Waals surface area contributed by atoms with Crippen molar-refractivity contribution in [3.8, 4) is 0 Å². The van der Waals surface area contributed by atoms with Gasteiger partial charge in [-0.25, -0.2) is 0 Å². The number of carbonyl (C=O) groups excluding carboxylic acids is 1. The molecule has 3 N–H and O–H groups in total. The molecule has 0 aromatic heterocycles. The number of hydrogen-bond acceptors (Lipinski definition) is 5. The van der Waals surface area contributed by atoms with Crippen LogP contribution >= 0.6 is 0 Å². The molecular weight excluding hydrogens is 416 g/mol. The summed E-state index contributed by atoms with van der Waals surface area (Å²) in [6.45, 7) is 8.27. The van der Waals surface area contributed by atoms with Gasteiger partial charge in [-0.3, -0.25) is 4.79 Å². The maximum Gasteiger partial charge on any atom is 0.185 e. The van der Waals surface area contributed by atoms with E-state index in [1.54, 1.807) is 0 Å². The Hall–Kier alpha value is -1.53. The van der Waals surface area contributed by atoms with Gasteiger partial charge in [0.1, 0.15) is 5.78 Å². The van der Waals surface area contributed by atoms with Gasteiger partial charge in [0.05, 0.1) is 5.41 Å². The molecule has 0 heterocycles. The van der Waals surface area contributed by atoms with E-state index in [9.17, 15) is 20.1 Å². The number of aryl methyl sites for hydroxylation is 1. The predicted octanol–water partition coefficient (Wildman–Crippen LogP) is 3.93. The quantitative estimate of drug-likeness (QED) is 0.387. The van der Waals surface area contributed by atoms with E-state index in [1.165, 1.54) is 25.5 Å². The maximum atomic E-state index is 13.9. The van der Waals surface area contributed by atoms with Gasteiger partial charge in [-0.1, -0.05) is 63.1 Å². The van der Waals surface area contributed by atoms with Crippen LogP contribution in [0.25, 0.3) is 0 Å². The minimum absolute atomic E-state index is 0.0206. The first-order chi connectivity index (χ1) is 15.6. The lowest BCUT2D eigenvalue weighted by Crippen LogP contribution is -2.55. The SMILES string of the molecule is C=C1C2C(CO)CC(C(=O)CCc3cccc(C4(CCO)CCCC4)c3)(C1(C)C)C2(O)OC. The van der Waals surface area contributed by atoms with Crippen molar-refractivity contribution in [1.29, 1.82) is 0 Å². The molecule has 0 radical (unpaired) electrons. The topological polar surface area (TPSA) is 87.0 Å². The van der Waals surface area contributed by atoms with E-state index in [2.05, 4.69) is 30.8 Å². The zero-order chi connectivity index (χ0) is 24.1. The van der Waals surface area contributed by atoms with Crippen molar-refractivity contribution >= 4 is 5.78 Å².